The lowest BCUT2D eigenvalue weighted by Gasteiger charge is -2.39. The van der Waals surface area contributed by atoms with E-state index in [2.05, 4.69) is 37.8 Å². The molecule has 0 spiro atoms. The Bertz CT molecular complexity index is 1490. The van der Waals surface area contributed by atoms with Gasteiger partial charge in [-0.3, -0.25) is 10.1 Å². The van der Waals surface area contributed by atoms with Gasteiger partial charge in [-0.2, -0.15) is 13.2 Å². The number of ether oxygens (including phenoxy) is 1. The highest BCUT2D eigenvalue weighted by atomic mass is 19.4. The molecule has 0 aliphatic carbocycles. The van der Waals surface area contributed by atoms with Gasteiger partial charge in [-0.25, -0.2) is 20.0 Å². The number of aryl methyl sites for hydroxylation is 1. The Morgan fingerprint density at radius 2 is 1.83 bits per heavy atom. The number of hydrogen-bond donors (Lipinski definition) is 1. The van der Waals surface area contributed by atoms with E-state index in [1.165, 1.54) is 0 Å². The number of halogens is 3. The van der Waals surface area contributed by atoms with Crippen LogP contribution in [0, 0.1) is 23.5 Å². The summed E-state index contributed by atoms with van der Waals surface area (Å²) in [6.07, 6.45) is 2.81. The predicted molar refractivity (Wildman–Crippen MR) is 150 cm³/mol. The van der Waals surface area contributed by atoms with E-state index in [9.17, 15) is 23.3 Å². The van der Waals surface area contributed by atoms with Gasteiger partial charge >= 0.3 is 6.18 Å². The van der Waals surface area contributed by atoms with Crippen molar-refractivity contribution in [2.75, 3.05) is 38.6 Å². The molecule has 1 atom stereocenters. The van der Waals surface area contributed by atoms with E-state index in [0.29, 0.717) is 34.4 Å². The maximum atomic E-state index is 13.5. The zero-order valence-corrected chi connectivity index (χ0v) is 23.2. The molecule has 1 radical (unpaired) electrons. The number of non-ortho nitro benzene ring substituents is 1. The van der Waals surface area contributed by atoms with Crippen LogP contribution < -0.4 is 10.1 Å². The molecule has 1 fully saturated rings. The van der Waals surface area contributed by atoms with Gasteiger partial charge < -0.3 is 10.1 Å². The molecule has 2 aliphatic rings. The molecule has 2 aromatic carbocycles. The number of rotatable bonds is 7. The molecule has 1 aromatic heterocycles. The molecular formula is C29H32F3N6O3. The van der Waals surface area contributed by atoms with Gasteiger partial charge in [-0.1, -0.05) is 6.08 Å². The third-order valence-electron chi connectivity index (χ3n) is 7.58. The van der Waals surface area contributed by atoms with E-state index in [1.807, 2.05) is 12.1 Å². The highest BCUT2D eigenvalue weighted by Crippen LogP contribution is 2.38. The number of hydrazine groups is 1. The second-order valence-corrected chi connectivity index (χ2v) is 10.3. The summed E-state index contributed by atoms with van der Waals surface area (Å²) in [5, 5.41) is 20.0. The monoisotopic (exact) mass is 569 g/mol. The van der Waals surface area contributed by atoms with Crippen LogP contribution in [0.5, 0.6) is 5.75 Å². The molecule has 3 heterocycles. The van der Waals surface area contributed by atoms with Crippen LogP contribution in [0.25, 0.3) is 16.5 Å². The Labute approximate surface area is 236 Å². The summed E-state index contributed by atoms with van der Waals surface area (Å²) < 4.78 is 46.2. The molecule has 12 heteroatoms. The number of hydrogen-bond acceptors (Lipinski definition) is 8. The van der Waals surface area contributed by atoms with Gasteiger partial charge in [0.1, 0.15) is 17.4 Å². The Hall–Kier alpha value is -3.77. The number of nitro groups is 1. The van der Waals surface area contributed by atoms with Crippen molar-refractivity contribution in [2.45, 2.75) is 45.3 Å². The molecule has 9 nitrogen and oxygen atoms in total. The van der Waals surface area contributed by atoms with Crippen LogP contribution in [-0.4, -0.2) is 58.2 Å². The van der Waals surface area contributed by atoms with Crippen molar-refractivity contribution in [3.05, 3.63) is 75.5 Å². The third kappa shape index (κ3) is 6.28. The Morgan fingerprint density at radius 3 is 2.46 bits per heavy atom. The minimum atomic E-state index is -4.72. The number of nitro benzene ring substituents is 1. The second kappa shape index (κ2) is 11.6. The van der Waals surface area contributed by atoms with Crippen molar-refractivity contribution in [2.24, 2.45) is 0 Å². The van der Waals surface area contributed by atoms with Crippen LogP contribution in [0.15, 0.2) is 36.4 Å². The highest BCUT2D eigenvalue weighted by Gasteiger charge is 2.33. The summed E-state index contributed by atoms with van der Waals surface area (Å²) in [5.74, 6) is 1.56. The van der Waals surface area contributed by atoms with Crippen LogP contribution in [-0.2, 0) is 6.18 Å². The fourth-order valence-corrected chi connectivity index (χ4v) is 5.42. The lowest BCUT2D eigenvalue weighted by atomic mass is 9.97. The van der Waals surface area contributed by atoms with Crippen molar-refractivity contribution in [3.8, 4) is 5.75 Å². The molecule has 0 bridgehead atoms. The first kappa shape index (κ1) is 28.7. The van der Waals surface area contributed by atoms with E-state index < -0.39 is 28.4 Å². The van der Waals surface area contributed by atoms with Crippen molar-refractivity contribution in [1.82, 2.24) is 20.0 Å². The Morgan fingerprint density at radius 1 is 1.07 bits per heavy atom. The molecule has 2 aliphatic heterocycles. The number of methoxy groups -OCH3 is 1. The summed E-state index contributed by atoms with van der Waals surface area (Å²) in [4.78, 5) is 19.7. The molecule has 1 saturated heterocycles. The van der Waals surface area contributed by atoms with E-state index >= 15 is 0 Å². The Balaban J connectivity index is 1.49. The summed E-state index contributed by atoms with van der Waals surface area (Å²) in [6, 6.07) is 5.70. The standard InChI is InChI=1S/C29H32F3N6O3/c1-18(21-13-22(29(30,31)32)15-23(14-21)38(39)40)33-28-25-16-24(27(41-3)17-26(25)34-19(2)35-28)20-7-11-37(12-8-20)36-9-5-4-6-10-36/h4,7,13-18H,5-6,8-12H2,1-3H3,(H,33,34,35)/t18-/m1/s1. The van der Waals surface area contributed by atoms with Gasteiger partial charge in [0.2, 0.25) is 0 Å². The smallest absolute Gasteiger partial charge is 0.416 e. The van der Waals surface area contributed by atoms with Crippen LogP contribution >= 0.6 is 0 Å². The number of nitrogens with one attached hydrogen (secondary N) is 1. The fourth-order valence-electron chi connectivity index (χ4n) is 5.42. The van der Waals surface area contributed by atoms with Gasteiger partial charge in [-0.15, -0.1) is 0 Å². The number of piperidine rings is 1. The number of fused-ring (bicyclic) bond motifs is 1. The number of anilines is 1. The molecule has 5 rings (SSSR count). The maximum Gasteiger partial charge on any atom is 0.416 e. The molecule has 217 valence electrons. The SMILES string of the molecule is COc1cc2nc(C)nc(N[C@H](C)c3cc([N+](=O)[O-])cc(C(F)(F)F)c3)c2cc1C1=CCN(N2CC[CH]CC2)CC1. The summed E-state index contributed by atoms with van der Waals surface area (Å²) in [7, 11) is 1.61. The van der Waals surface area contributed by atoms with Crippen LogP contribution in [0.4, 0.5) is 24.7 Å². The second-order valence-electron chi connectivity index (χ2n) is 10.3. The minimum absolute atomic E-state index is 0.120. The quantitative estimate of drug-likeness (QED) is 0.260. The number of benzene rings is 2. The molecule has 3 aromatic rings. The van der Waals surface area contributed by atoms with Gasteiger partial charge in [0.25, 0.3) is 5.69 Å². The lowest BCUT2D eigenvalue weighted by Crippen LogP contribution is -2.47. The van der Waals surface area contributed by atoms with E-state index in [4.69, 9.17) is 4.74 Å². The van der Waals surface area contributed by atoms with Gasteiger partial charge in [0.15, 0.2) is 0 Å². The van der Waals surface area contributed by atoms with Crippen molar-refractivity contribution < 1.29 is 22.8 Å². The van der Waals surface area contributed by atoms with E-state index in [1.54, 1.807) is 21.0 Å². The van der Waals surface area contributed by atoms with Crippen LogP contribution in [0.1, 0.15) is 54.7 Å². The third-order valence-corrected chi connectivity index (χ3v) is 7.58. The zero-order valence-electron chi connectivity index (χ0n) is 23.2. The molecule has 0 unspecified atom stereocenters. The average molecular weight is 570 g/mol. The van der Waals surface area contributed by atoms with Crippen LogP contribution in [0.2, 0.25) is 0 Å². The number of nitrogens with zero attached hydrogens (tertiary/aromatic N) is 5. The van der Waals surface area contributed by atoms with E-state index in [0.717, 1.165) is 68.7 Å². The van der Waals surface area contributed by atoms with Crippen molar-refractivity contribution in [3.63, 3.8) is 0 Å². The average Bonchev–Trinajstić information content (AvgIpc) is 2.96. The summed E-state index contributed by atoms with van der Waals surface area (Å²) >= 11 is 0. The zero-order chi connectivity index (χ0) is 29.3. The Kier molecular flexibility index (Phi) is 8.14. The molecular weight excluding hydrogens is 537 g/mol. The van der Waals surface area contributed by atoms with Crippen LogP contribution in [0.3, 0.4) is 0 Å². The van der Waals surface area contributed by atoms with E-state index in [-0.39, 0.29) is 5.56 Å². The van der Waals surface area contributed by atoms with Crippen molar-refractivity contribution in [1.29, 1.82) is 0 Å². The largest absolute Gasteiger partial charge is 0.496 e. The maximum absolute atomic E-state index is 13.5. The van der Waals surface area contributed by atoms with Gasteiger partial charge in [-0.05, 0) is 62.8 Å². The first-order valence-corrected chi connectivity index (χ1v) is 13.5. The first-order valence-electron chi connectivity index (χ1n) is 13.5. The molecule has 0 saturated carbocycles. The first-order chi connectivity index (χ1) is 19.5. The van der Waals surface area contributed by atoms with Gasteiger partial charge in [0.05, 0.1) is 29.2 Å². The normalized spacial score (nSPS) is 17.8. The van der Waals surface area contributed by atoms with Gasteiger partial charge in [0, 0.05) is 55.3 Å². The fraction of sp³-hybridized carbons (Fsp3) is 0.414. The van der Waals surface area contributed by atoms with Crippen molar-refractivity contribution >= 4 is 28.0 Å². The summed E-state index contributed by atoms with van der Waals surface area (Å²) in [5.41, 5.74) is 1.08. The highest BCUT2D eigenvalue weighted by molar-refractivity contribution is 5.94. The predicted octanol–water partition coefficient (Wildman–Crippen LogP) is 6.35. The number of alkyl halides is 3. The molecule has 1 N–H and O–H groups in total. The lowest BCUT2D eigenvalue weighted by molar-refractivity contribution is -0.385. The topological polar surface area (TPSA) is 96.7 Å². The number of aromatic nitrogens is 2. The summed E-state index contributed by atoms with van der Waals surface area (Å²) in [6.45, 7) is 7.10. The molecule has 0 amide bonds. The molecule has 41 heavy (non-hydrogen) atoms. The minimum Gasteiger partial charge on any atom is -0.496 e.